The summed E-state index contributed by atoms with van der Waals surface area (Å²) in [5, 5.41) is 27.5. The number of aromatic carboxylic acids is 1. The molecule has 0 fully saturated rings. The van der Waals surface area contributed by atoms with Crippen molar-refractivity contribution in [1.82, 2.24) is 10.2 Å². The number of aliphatic carboxylic acids is 1. The number of carbonyl (C=O) groups excluding carboxylic acids is 3. The van der Waals surface area contributed by atoms with Gasteiger partial charge >= 0.3 is 11.9 Å². The Morgan fingerprint density at radius 3 is 2.09 bits per heavy atom. The van der Waals surface area contributed by atoms with Crippen molar-refractivity contribution in [2.45, 2.75) is 90.6 Å². The van der Waals surface area contributed by atoms with Gasteiger partial charge in [-0.15, -0.1) is 11.3 Å². The number of rotatable bonds is 19. The minimum atomic E-state index is -1.00. The van der Waals surface area contributed by atoms with Crippen LogP contribution in [0.4, 0.5) is 10.7 Å². The van der Waals surface area contributed by atoms with E-state index in [-0.39, 0.29) is 42.2 Å². The second kappa shape index (κ2) is 19.8. The number of nitrogens with zero attached hydrogens (tertiary/aromatic N) is 1. The van der Waals surface area contributed by atoms with Gasteiger partial charge in [-0.2, -0.15) is 0 Å². The summed E-state index contributed by atoms with van der Waals surface area (Å²) in [6.45, 7) is 5.77. The molecule has 0 radical (unpaired) electrons. The molecular formula is C43H50N4O7S. The van der Waals surface area contributed by atoms with Gasteiger partial charge in [0, 0.05) is 48.2 Å². The Morgan fingerprint density at radius 2 is 1.44 bits per heavy atom. The van der Waals surface area contributed by atoms with Gasteiger partial charge < -0.3 is 26.2 Å². The second-order valence-electron chi connectivity index (χ2n) is 13.9. The standard InChI is InChI=1S/C43H50N4O7S/c1-3-34(4-2)47(25-24-44-37(48)22-23-38(49)50)27-30-8-7-9-32(26-30)40(51)46-42-39(35-10-5-6-11-36(35)55-42)41(52)45-33-20-16-29(17-21-33)13-12-28-14-18-31(19-15-28)43(53)54/h7-9,14-21,26,34H,3-6,10-13,22-25,27H2,1-2H3,(H,44,48)(H,45,52)(H,46,51)(H,49,50)(H,53,54). The first-order chi connectivity index (χ1) is 26.5. The molecule has 11 nitrogen and oxygen atoms in total. The monoisotopic (exact) mass is 766 g/mol. The first kappa shape index (κ1) is 40.8. The summed E-state index contributed by atoms with van der Waals surface area (Å²) in [5.74, 6) is -2.79. The van der Waals surface area contributed by atoms with E-state index in [1.807, 2.05) is 54.6 Å². The quantitative estimate of drug-likeness (QED) is 0.0652. The topological polar surface area (TPSA) is 165 Å². The summed E-state index contributed by atoms with van der Waals surface area (Å²) in [5.41, 5.74) is 5.99. The van der Waals surface area contributed by atoms with E-state index in [9.17, 15) is 24.0 Å². The molecule has 0 spiro atoms. The number of hydrogen-bond acceptors (Lipinski definition) is 7. The zero-order valence-electron chi connectivity index (χ0n) is 31.5. The molecule has 0 saturated carbocycles. The van der Waals surface area contributed by atoms with Crippen LogP contribution in [0.15, 0.2) is 72.8 Å². The van der Waals surface area contributed by atoms with E-state index >= 15 is 0 Å². The van der Waals surface area contributed by atoms with Crippen LogP contribution < -0.4 is 16.0 Å². The fourth-order valence-corrected chi connectivity index (χ4v) is 8.29. The third kappa shape index (κ3) is 11.6. The predicted octanol–water partition coefficient (Wildman–Crippen LogP) is 7.59. The maximum absolute atomic E-state index is 13.9. The van der Waals surface area contributed by atoms with Crippen molar-refractivity contribution in [2.75, 3.05) is 23.7 Å². The Kier molecular flexibility index (Phi) is 14.7. The molecule has 0 aliphatic heterocycles. The van der Waals surface area contributed by atoms with Crippen LogP contribution in [0, 0.1) is 0 Å². The zero-order valence-corrected chi connectivity index (χ0v) is 32.3. The number of carbonyl (C=O) groups is 5. The second-order valence-corrected chi connectivity index (χ2v) is 15.0. The van der Waals surface area contributed by atoms with Crippen molar-refractivity contribution >= 4 is 51.7 Å². The van der Waals surface area contributed by atoms with E-state index in [4.69, 9.17) is 10.2 Å². The summed E-state index contributed by atoms with van der Waals surface area (Å²) in [6.07, 6.45) is 6.74. The van der Waals surface area contributed by atoms with Gasteiger partial charge in [0.2, 0.25) is 5.91 Å². The smallest absolute Gasteiger partial charge is 0.335 e. The molecule has 4 aromatic rings. The molecule has 1 aliphatic carbocycles. The molecule has 55 heavy (non-hydrogen) atoms. The molecule has 3 aromatic carbocycles. The van der Waals surface area contributed by atoms with E-state index in [1.54, 1.807) is 18.2 Å². The Labute approximate surface area is 326 Å². The maximum atomic E-state index is 13.9. The molecule has 12 heteroatoms. The molecule has 0 atom stereocenters. The number of benzene rings is 3. The van der Waals surface area contributed by atoms with Crippen molar-refractivity contribution in [3.05, 3.63) is 117 Å². The number of hydrogen-bond donors (Lipinski definition) is 5. The third-order valence-electron chi connectivity index (χ3n) is 10.1. The number of carboxylic acid groups (broad SMARTS) is 2. The van der Waals surface area contributed by atoms with Crippen LogP contribution in [0.1, 0.15) is 111 Å². The van der Waals surface area contributed by atoms with E-state index in [0.717, 1.165) is 78.5 Å². The van der Waals surface area contributed by atoms with Gasteiger partial charge in [0.15, 0.2) is 0 Å². The lowest BCUT2D eigenvalue weighted by Crippen LogP contribution is -2.40. The summed E-state index contributed by atoms with van der Waals surface area (Å²) < 4.78 is 0. The minimum absolute atomic E-state index is 0.0574. The average molecular weight is 767 g/mol. The fraction of sp³-hybridized carbons (Fsp3) is 0.372. The third-order valence-corrected chi connectivity index (χ3v) is 11.3. The van der Waals surface area contributed by atoms with Crippen molar-refractivity contribution in [3.63, 3.8) is 0 Å². The number of fused-ring (bicyclic) bond motifs is 1. The molecule has 0 unspecified atom stereocenters. The lowest BCUT2D eigenvalue weighted by molar-refractivity contribution is -0.138. The molecule has 1 aromatic heterocycles. The van der Waals surface area contributed by atoms with Crippen molar-refractivity contribution in [3.8, 4) is 0 Å². The Bertz CT molecular complexity index is 1970. The summed E-state index contributed by atoms with van der Waals surface area (Å²) in [4.78, 5) is 65.2. The molecule has 1 heterocycles. The first-order valence-electron chi connectivity index (χ1n) is 19.0. The van der Waals surface area contributed by atoms with Gasteiger partial charge in [0.25, 0.3) is 11.8 Å². The fourth-order valence-electron chi connectivity index (χ4n) is 7.01. The molecule has 0 bridgehead atoms. The molecule has 3 amide bonds. The van der Waals surface area contributed by atoms with E-state index < -0.39 is 11.9 Å². The van der Waals surface area contributed by atoms with Crippen LogP contribution in [0.5, 0.6) is 0 Å². The van der Waals surface area contributed by atoms with Crippen LogP contribution in [0.3, 0.4) is 0 Å². The van der Waals surface area contributed by atoms with Crippen molar-refractivity contribution < 1.29 is 34.2 Å². The Morgan fingerprint density at radius 1 is 0.764 bits per heavy atom. The molecule has 5 N–H and O–H groups in total. The lowest BCUT2D eigenvalue weighted by atomic mass is 9.95. The predicted molar refractivity (Wildman–Crippen MR) is 215 cm³/mol. The van der Waals surface area contributed by atoms with Crippen LogP contribution >= 0.6 is 11.3 Å². The van der Waals surface area contributed by atoms with Gasteiger partial charge in [-0.3, -0.25) is 24.1 Å². The molecular weight excluding hydrogens is 717 g/mol. The Hall–Kier alpha value is -5.33. The van der Waals surface area contributed by atoms with E-state index in [2.05, 4.69) is 34.7 Å². The number of amides is 3. The number of nitrogens with one attached hydrogen (secondary N) is 3. The van der Waals surface area contributed by atoms with Gasteiger partial charge in [-0.1, -0.05) is 50.2 Å². The summed E-state index contributed by atoms with van der Waals surface area (Å²) >= 11 is 1.47. The SMILES string of the molecule is CCC(CC)N(CCNC(=O)CCC(=O)O)Cc1cccc(C(=O)Nc2sc3c(c2C(=O)Nc2ccc(CCc4ccc(C(=O)O)cc4)cc2)CCCC3)c1. The Balaban J connectivity index is 1.24. The highest BCUT2D eigenvalue weighted by Gasteiger charge is 2.27. The van der Waals surface area contributed by atoms with Crippen LogP contribution in [-0.2, 0) is 41.8 Å². The van der Waals surface area contributed by atoms with Crippen molar-refractivity contribution in [1.29, 1.82) is 0 Å². The molecule has 290 valence electrons. The molecule has 0 saturated heterocycles. The van der Waals surface area contributed by atoms with Crippen LogP contribution in [-0.4, -0.2) is 63.9 Å². The molecule has 1 aliphatic rings. The zero-order chi connectivity index (χ0) is 39.3. The maximum Gasteiger partial charge on any atom is 0.335 e. The molecule has 5 rings (SSSR count). The highest BCUT2D eigenvalue weighted by molar-refractivity contribution is 7.17. The minimum Gasteiger partial charge on any atom is -0.481 e. The highest BCUT2D eigenvalue weighted by Crippen LogP contribution is 2.39. The first-order valence-corrected chi connectivity index (χ1v) is 19.9. The number of carboxylic acids is 2. The number of aryl methyl sites for hydroxylation is 3. The highest BCUT2D eigenvalue weighted by atomic mass is 32.1. The van der Waals surface area contributed by atoms with Gasteiger partial charge in [-0.05, 0) is 110 Å². The van der Waals surface area contributed by atoms with Gasteiger partial charge in [0.05, 0.1) is 17.5 Å². The lowest BCUT2D eigenvalue weighted by Gasteiger charge is -2.30. The van der Waals surface area contributed by atoms with Crippen LogP contribution in [0.25, 0.3) is 0 Å². The van der Waals surface area contributed by atoms with E-state index in [1.165, 1.54) is 11.3 Å². The number of thiophene rings is 1. The summed E-state index contributed by atoms with van der Waals surface area (Å²) in [6, 6.07) is 22.3. The largest absolute Gasteiger partial charge is 0.481 e. The average Bonchev–Trinajstić information content (AvgIpc) is 3.55. The number of anilines is 2. The van der Waals surface area contributed by atoms with Crippen molar-refractivity contribution in [2.24, 2.45) is 0 Å². The normalized spacial score (nSPS) is 12.3. The van der Waals surface area contributed by atoms with Crippen LogP contribution in [0.2, 0.25) is 0 Å². The summed E-state index contributed by atoms with van der Waals surface area (Å²) in [7, 11) is 0. The van der Waals surface area contributed by atoms with Gasteiger partial charge in [-0.25, -0.2) is 4.79 Å². The van der Waals surface area contributed by atoms with E-state index in [0.29, 0.717) is 41.4 Å². The van der Waals surface area contributed by atoms with Gasteiger partial charge in [0.1, 0.15) is 5.00 Å².